The molecule has 3 aromatic rings. The van der Waals surface area contributed by atoms with Crippen LogP contribution in [0, 0.1) is 10.1 Å². The number of carbonyl (C=O) groups is 1. The van der Waals surface area contributed by atoms with Crippen molar-refractivity contribution in [2.75, 3.05) is 5.32 Å². The van der Waals surface area contributed by atoms with Gasteiger partial charge in [-0.1, -0.05) is 17.7 Å². The van der Waals surface area contributed by atoms with Gasteiger partial charge in [-0.25, -0.2) is 0 Å². The Balaban J connectivity index is 1.79. The lowest BCUT2D eigenvalue weighted by atomic mass is 10.1. The Morgan fingerprint density at radius 2 is 1.92 bits per heavy atom. The van der Waals surface area contributed by atoms with Crippen LogP contribution < -0.4 is 5.32 Å². The topological polar surface area (TPSA) is 72.2 Å². The third-order valence-electron chi connectivity index (χ3n) is 3.57. The summed E-state index contributed by atoms with van der Waals surface area (Å²) in [6, 6.07) is 11.5. The third kappa shape index (κ3) is 4.25. The van der Waals surface area contributed by atoms with Crippen LogP contribution in [0.25, 0.3) is 0 Å². The Hall–Kier alpha value is -2.22. The number of non-ortho nitro benzene ring substituents is 1. The van der Waals surface area contributed by atoms with E-state index in [9.17, 15) is 14.9 Å². The maximum atomic E-state index is 12.6. The maximum Gasteiger partial charge on any atom is 0.269 e. The maximum absolute atomic E-state index is 12.6. The first kappa shape index (κ1) is 17.6. The van der Waals surface area contributed by atoms with E-state index in [0.29, 0.717) is 15.6 Å². The first-order chi connectivity index (χ1) is 12.0. The summed E-state index contributed by atoms with van der Waals surface area (Å²) in [5, 5.41) is 18.3. The summed E-state index contributed by atoms with van der Waals surface area (Å²) in [6.45, 7) is 0. The van der Waals surface area contributed by atoms with Crippen LogP contribution >= 0.6 is 34.3 Å². The molecular formula is C17H13ClN2O3S2. The van der Waals surface area contributed by atoms with E-state index in [0.717, 1.165) is 4.88 Å². The zero-order valence-corrected chi connectivity index (χ0v) is 15.2. The molecule has 8 heteroatoms. The number of nitrogens with one attached hydrogen (secondary N) is 1. The number of thiophene rings is 2. The lowest BCUT2D eigenvalue weighted by Gasteiger charge is -2.18. The van der Waals surface area contributed by atoms with E-state index >= 15 is 0 Å². The molecule has 0 saturated heterocycles. The van der Waals surface area contributed by atoms with Gasteiger partial charge in [0.25, 0.3) is 5.69 Å². The van der Waals surface area contributed by atoms with E-state index in [1.807, 2.05) is 17.5 Å². The molecule has 2 aromatic heterocycles. The molecule has 0 amide bonds. The molecule has 0 fully saturated rings. The van der Waals surface area contributed by atoms with Crippen molar-refractivity contribution >= 4 is 51.4 Å². The predicted octanol–water partition coefficient (Wildman–Crippen LogP) is 5.80. The molecule has 1 unspecified atom stereocenters. The van der Waals surface area contributed by atoms with E-state index in [2.05, 4.69) is 5.32 Å². The Bertz CT molecular complexity index is 876. The first-order valence-corrected chi connectivity index (χ1v) is 9.49. The normalized spacial score (nSPS) is 11.9. The van der Waals surface area contributed by atoms with Crippen molar-refractivity contribution in [3.8, 4) is 0 Å². The number of halogens is 1. The lowest BCUT2D eigenvalue weighted by molar-refractivity contribution is -0.384. The molecule has 3 rings (SSSR count). The van der Waals surface area contributed by atoms with Gasteiger partial charge in [0.1, 0.15) is 0 Å². The number of benzene rings is 1. The van der Waals surface area contributed by atoms with Crippen LogP contribution in [0.5, 0.6) is 0 Å². The summed E-state index contributed by atoms with van der Waals surface area (Å²) in [6.07, 6.45) is 0.248. The molecule has 1 atom stereocenters. The molecule has 128 valence electrons. The van der Waals surface area contributed by atoms with Crippen LogP contribution in [0.4, 0.5) is 11.4 Å². The SMILES string of the molecule is O=C(CC(Nc1ccc([N+](=O)[O-])cc1)c1cccs1)c1sccc1Cl. The van der Waals surface area contributed by atoms with Crippen LogP contribution in [-0.4, -0.2) is 10.7 Å². The monoisotopic (exact) mass is 392 g/mol. The van der Waals surface area contributed by atoms with E-state index in [4.69, 9.17) is 11.6 Å². The summed E-state index contributed by atoms with van der Waals surface area (Å²) < 4.78 is 0. The predicted molar refractivity (Wildman–Crippen MR) is 102 cm³/mol. The number of rotatable bonds is 7. The summed E-state index contributed by atoms with van der Waals surface area (Å²) in [5.41, 5.74) is 0.744. The number of carbonyl (C=O) groups excluding carboxylic acids is 1. The Labute approximate surface area is 157 Å². The molecule has 0 radical (unpaired) electrons. The summed E-state index contributed by atoms with van der Waals surface area (Å²) in [5.74, 6) is -0.0344. The molecule has 25 heavy (non-hydrogen) atoms. The van der Waals surface area contributed by atoms with Gasteiger partial charge in [0.05, 0.1) is 20.9 Å². The smallest absolute Gasteiger partial charge is 0.269 e. The van der Waals surface area contributed by atoms with E-state index in [-0.39, 0.29) is 23.9 Å². The summed E-state index contributed by atoms with van der Waals surface area (Å²) >= 11 is 8.93. The second kappa shape index (κ2) is 7.77. The highest BCUT2D eigenvalue weighted by atomic mass is 35.5. The number of nitro benzene ring substituents is 1. The molecule has 0 spiro atoms. The van der Waals surface area contributed by atoms with Gasteiger partial charge < -0.3 is 5.32 Å². The number of hydrogen-bond donors (Lipinski definition) is 1. The van der Waals surface area contributed by atoms with Crippen LogP contribution in [0.15, 0.2) is 53.2 Å². The molecule has 0 aliphatic carbocycles. The number of anilines is 1. The highest BCUT2D eigenvalue weighted by Crippen LogP contribution is 2.31. The van der Waals surface area contributed by atoms with Gasteiger partial charge in [0, 0.05) is 29.1 Å². The van der Waals surface area contributed by atoms with Gasteiger partial charge in [-0.05, 0) is 35.0 Å². The molecule has 0 bridgehead atoms. The Morgan fingerprint density at radius 1 is 1.16 bits per heavy atom. The number of ketones is 1. The van der Waals surface area contributed by atoms with E-state index in [1.165, 1.54) is 23.5 Å². The molecule has 0 aliphatic rings. The molecule has 0 saturated carbocycles. The van der Waals surface area contributed by atoms with Gasteiger partial charge in [-0.3, -0.25) is 14.9 Å². The van der Waals surface area contributed by atoms with E-state index < -0.39 is 4.92 Å². The van der Waals surface area contributed by atoms with Crippen LogP contribution in [0.1, 0.15) is 27.0 Å². The van der Waals surface area contributed by atoms with E-state index in [1.54, 1.807) is 34.9 Å². The van der Waals surface area contributed by atoms with Crippen molar-refractivity contribution in [1.29, 1.82) is 0 Å². The standard InChI is InChI=1S/C17H13ClN2O3S2/c18-13-7-9-25-17(13)15(21)10-14(16-2-1-8-24-16)19-11-3-5-12(6-4-11)20(22)23/h1-9,14,19H,10H2. The van der Waals surface area contributed by atoms with Crippen molar-refractivity contribution in [3.63, 3.8) is 0 Å². The Kier molecular flexibility index (Phi) is 5.47. The third-order valence-corrected chi connectivity index (χ3v) is 5.93. The molecule has 2 heterocycles. The highest BCUT2D eigenvalue weighted by Gasteiger charge is 2.21. The number of Topliss-reactive ketones (excluding diaryl/α,β-unsaturated/α-hetero) is 1. The average Bonchev–Trinajstić information content (AvgIpc) is 3.26. The van der Waals surface area contributed by atoms with Crippen LogP contribution in [-0.2, 0) is 0 Å². The van der Waals surface area contributed by atoms with Crippen LogP contribution in [0.3, 0.4) is 0 Å². The minimum atomic E-state index is -0.442. The molecule has 0 aliphatic heterocycles. The molecule has 5 nitrogen and oxygen atoms in total. The fourth-order valence-corrected chi connectivity index (χ4v) is 4.25. The van der Waals surface area contributed by atoms with Gasteiger partial charge in [-0.15, -0.1) is 22.7 Å². The minimum Gasteiger partial charge on any atom is -0.377 e. The molecular weight excluding hydrogens is 380 g/mol. The average molecular weight is 393 g/mol. The summed E-state index contributed by atoms with van der Waals surface area (Å²) in [4.78, 5) is 24.4. The second-order valence-electron chi connectivity index (χ2n) is 5.24. The quantitative estimate of drug-likeness (QED) is 0.313. The zero-order chi connectivity index (χ0) is 17.8. The number of hydrogen-bond acceptors (Lipinski definition) is 6. The fraction of sp³-hybridized carbons (Fsp3) is 0.118. The van der Waals surface area contributed by atoms with Crippen molar-refractivity contribution < 1.29 is 9.72 Å². The van der Waals surface area contributed by atoms with Crippen molar-refractivity contribution in [2.24, 2.45) is 0 Å². The van der Waals surface area contributed by atoms with Gasteiger partial charge in [0.2, 0.25) is 0 Å². The van der Waals surface area contributed by atoms with Gasteiger partial charge in [0.15, 0.2) is 5.78 Å². The molecule has 1 aromatic carbocycles. The number of nitrogens with zero attached hydrogens (tertiary/aromatic N) is 1. The zero-order valence-electron chi connectivity index (χ0n) is 12.8. The highest BCUT2D eigenvalue weighted by molar-refractivity contribution is 7.12. The first-order valence-electron chi connectivity index (χ1n) is 7.35. The van der Waals surface area contributed by atoms with Crippen molar-refractivity contribution in [3.05, 3.63) is 78.1 Å². The Morgan fingerprint density at radius 3 is 2.48 bits per heavy atom. The van der Waals surface area contributed by atoms with Crippen molar-refractivity contribution in [2.45, 2.75) is 12.5 Å². The fourth-order valence-electron chi connectivity index (χ4n) is 2.36. The second-order valence-corrected chi connectivity index (χ2v) is 7.54. The largest absolute Gasteiger partial charge is 0.377 e. The lowest BCUT2D eigenvalue weighted by Crippen LogP contribution is -2.14. The minimum absolute atomic E-state index is 0.0275. The van der Waals surface area contributed by atoms with Gasteiger partial charge in [-0.2, -0.15) is 0 Å². The molecule has 1 N–H and O–H groups in total. The summed E-state index contributed by atoms with van der Waals surface area (Å²) in [7, 11) is 0. The van der Waals surface area contributed by atoms with Crippen molar-refractivity contribution in [1.82, 2.24) is 0 Å². The van der Waals surface area contributed by atoms with Gasteiger partial charge >= 0.3 is 0 Å². The van der Waals surface area contributed by atoms with Crippen LogP contribution in [0.2, 0.25) is 5.02 Å². The number of nitro groups is 1.